The molecule has 0 saturated heterocycles. The lowest BCUT2D eigenvalue weighted by Crippen LogP contribution is -2.00. The third-order valence-corrected chi connectivity index (χ3v) is 9.12. The molecular weight excluding hydrogens is 877 g/mol. The van der Waals surface area contributed by atoms with Crippen LogP contribution >= 0.6 is 0 Å². The predicted octanol–water partition coefficient (Wildman–Crippen LogP) is 30.9. The second-order valence-electron chi connectivity index (χ2n) is 26.4. The molecule has 0 aliphatic carbocycles. The van der Waals surface area contributed by atoms with Crippen molar-refractivity contribution in [2.75, 3.05) is 0 Å². The van der Waals surface area contributed by atoms with Gasteiger partial charge in [0.25, 0.3) is 0 Å². The van der Waals surface area contributed by atoms with Crippen molar-refractivity contribution in [3.8, 4) is 0 Å². The Morgan fingerprint density at radius 1 is 0.301 bits per heavy atom. The predicted molar refractivity (Wildman–Crippen MR) is 372 cm³/mol. The van der Waals surface area contributed by atoms with Crippen molar-refractivity contribution in [3.63, 3.8) is 0 Å². The van der Waals surface area contributed by atoms with Crippen molar-refractivity contribution in [1.82, 2.24) is 0 Å². The van der Waals surface area contributed by atoms with Crippen LogP contribution in [0.5, 0.6) is 0 Å². The molecule has 0 rings (SSSR count). The third kappa shape index (κ3) is 527. The van der Waals surface area contributed by atoms with E-state index in [-0.39, 0.29) is 14.9 Å². The molecule has 0 nitrogen and oxygen atoms in total. The van der Waals surface area contributed by atoms with Gasteiger partial charge in [-0.2, -0.15) is 0 Å². The van der Waals surface area contributed by atoms with Gasteiger partial charge in [-0.15, -0.1) is 13.2 Å². The lowest BCUT2D eigenvalue weighted by Gasteiger charge is -2.12. The van der Waals surface area contributed by atoms with E-state index in [1.165, 1.54) is 103 Å². The number of unbranched alkanes of at least 4 members (excludes halogenated alkanes) is 3. The molecule has 0 amide bonds. The van der Waals surface area contributed by atoms with Crippen molar-refractivity contribution < 1.29 is 0 Å². The lowest BCUT2D eigenvalue weighted by atomic mass is 9.94. The summed E-state index contributed by atoms with van der Waals surface area (Å²) in [5, 5.41) is 0. The number of rotatable bonds is 11. The van der Waals surface area contributed by atoms with Crippen molar-refractivity contribution in [3.05, 3.63) is 13.2 Å². The first kappa shape index (κ1) is 120. The quantitative estimate of drug-likeness (QED) is 0.143. The Hall–Kier alpha value is -0.260. The van der Waals surface area contributed by atoms with E-state index < -0.39 is 0 Å². The molecule has 0 N–H and O–H groups in total. The number of hydrogen-bond acceptors (Lipinski definition) is 0. The summed E-state index contributed by atoms with van der Waals surface area (Å²) in [5.41, 5.74) is 1.58. The number of hydrogen-bond donors (Lipinski definition) is 0. The fraction of sp³-hybridized carbons (Fsp3) is 0.973. The zero-order valence-electron chi connectivity index (χ0n) is 60.8. The average Bonchev–Trinajstić information content (AvgIpc) is 3.24. The summed E-state index contributed by atoms with van der Waals surface area (Å²) in [7, 11) is 0. The van der Waals surface area contributed by atoms with Gasteiger partial charge in [0.15, 0.2) is 0 Å². The van der Waals surface area contributed by atoms with Crippen LogP contribution in [0.4, 0.5) is 0 Å². The zero-order chi connectivity index (χ0) is 61.4. The minimum absolute atomic E-state index is 0. The fourth-order valence-corrected chi connectivity index (χ4v) is 1.37. The smallest absolute Gasteiger partial charge is 0.0385 e. The van der Waals surface area contributed by atoms with Crippen LogP contribution in [0.1, 0.15) is 408 Å². The van der Waals surface area contributed by atoms with Crippen molar-refractivity contribution in [1.29, 1.82) is 0 Å². The van der Waals surface area contributed by atoms with Crippen LogP contribution in [0.25, 0.3) is 0 Å². The molecule has 0 radical (unpaired) electrons. The third-order valence-electron chi connectivity index (χ3n) is 9.12. The molecular formula is C73H178. The van der Waals surface area contributed by atoms with Crippen LogP contribution in [0.2, 0.25) is 0 Å². The molecule has 0 fully saturated rings. The summed E-state index contributed by atoms with van der Waals surface area (Å²) in [5.74, 6) is 7.02. The molecule has 470 valence electrons. The lowest BCUT2D eigenvalue weighted by molar-refractivity contribution is 0.397. The average molecular weight is 1060 g/mol. The zero-order valence-corrected chi connectivity index (χ0v) is 60.8. The Labute approximate surface area is 482 Å². The first-order valence-corrected chi connectivity index (χ1v) is 31.5. The highest BCUT2D eigenvalue weighted by Gasteiger charge is 2.04. The van der Waals surface area contributed by atoms with Gasteiger partial charge in [-0.25, -0.2) is 0 Å². The SMILES string of the molecule is C.C.C=C.CC(C)(C)C.CC(C)C.CC(C)C(C)C.CCC.CCC.CCC.CCC(C)(C)C.CCC(C)(C)C.CCC(C)C.CCC(C)C.CCC(C)C.CCC(C)CC.CCCC(C)C.CCCCCC. The summed E-state index contributed by atoms with van der Waals surface area (Å²) in [4.78, 5) is 0. The van der Waals surface area contributed by atoms with Crippen molar-refractivity contribution in [2.24, 2.45) is 63.6 Å². The summed E-state index contributed by atoms with van der Waals surface area (Å²) in [6.45, 7) is 98.7. The molecule has 0 atom stereocenters. The van der Waals surface area contributed by atoms with Crippen LogP contribution in [0.3, 0.4) is 0 Å². The fourth-order valence-electron chi connectivity index (χ4n) is 1.37. The molecule has 0 unspecified atom stereocenters. The Balaban J connectivity index is -0.0000000308. The summed E-state index contributed by atoms with van der Waals surface area (Å²) in [6, 6.07) is 0. The minimum Gasteiger partial charge on any atom is -0.106 e. The largest absolute Gasteiger partial charge is 0.106 e. The molecule has 0 aromatic heterocycles. The minimum atomic E-state index is 0. The van der Waals surface area contributed by atoms with Gasteiger partial charge in [0.05, 0.1) is 0 Å². The van der Waals surface area contributed by atoms with Gasteiger partial charge in [-0.3, -0.25) is 0 Å². The van der Waals surface area contributed by atoms with Gasteiger partial charge in [0, 0.05) is 0 Å². The Bertz CT molecular complexity index is 591. The van der Waals surface area contributed by atoms with Gasteiger partial charge in [0.1, 0.15) is 0 Å². The molecule has 0 aliphatic heterocycles. The summed E-state index contributed by atoms with van der Waals surface area (Å²) < 4.78 is 0. The molecule has 0 bridgehead atoms. The van der Waals surface area contributed by atoms with Crippen LogP contribution in [0, 0.1) is 63.6 Å². The molecule has 0 saturated carbocycles. The monoisotopic (exact) mass is 1060 g/mol. The van der Waals surface area contributed by atoms with Crippen LogP contribution < -0.4 is 0 Å². The molecule has 0 aliphatic rings. The Kier molecular flexibility index (Phi) is 178. The highest BCUT2D eigenvalue weighted by atomic mass is 14.1. The Morgan fingerprint density at radius 2 is 0.438 bits per heavy atom. The second-order valence-corrected chi connectivity index (χ2v) is 26.4. The van der Waals surface area contributed by atoms with Gasteiger partial charge >= 0.3 is 0 Å². The van der Waals surface area contributed by atoms with Crippen LogP contribution in [0.15, 0.2) is 13.2 Å². The molecule has 73 heavy (non-hydrogen) atoms. The van der Waals surface area contributed by atoms with Crippen molar-refractivity contribution >= 4 is 0 Å². The van der Waals surface area contributed by atoms with E-state index in [0.717, 1.165) is 47.3 Å². The topological polar surface area (TPSA) is 0 Å². The maximum Gasteiger partial charge on any atom is -0.0385 e. The molecule has 0 aromatic carbocycles. The standard InChI is InChI=1S/6C6H14.4C5H12.C4H10.3C3H8.C2H4.2CH4/c2*1-5-6(2,3)4;1-5(2)6(3)4;1-4-5-6(2)3;1-4-6(3)5-2;1-3-5-6-4-2;1-5(2,3)4;3*1-4-5(2)3;1-4(2)3;3*1-3-2;1-2;;/h2*5H2,1-4H3;5-6H,1-4H3;2*6H,4-5H2,1-3H3;3-6H2,1-2H3;1-4H3;3*5H,4H2,1-3H3;4H,1-3H3;3*3H2,1-2H3;1-2H2;2*1H4. The van der Waals surface area contributed by atoms with Gasteiger partial charge in [0.2, 0.25) is 0 Å². The van der Waals surface area contributed by atoms with E-state index >= 15 is 0 Å². The highest BCUT2D eigenvalue weighted by molar-refractivity contribution is 4.56. The van der Waals surface area contributed by atoms with Crippen LogP contribution in [-0.2, 0) is 0 Å². The van der Waals surface area contributed by atoms with Crippen molar-refractivity contribution in [2.45, 2.75) is 408 Å². The van der Waals surface area contributed by atoms with Gasteiger partial charge in [-0.1, -0.05) is 408 Å². The summed E-state index contributed by atoms with van der Waals surface area (Å²) >= 11 is 0. The molecule has 0 heteroatoms. The van der Waals surface area contributed by atoms with Gasteiger partial charge in [-0.05, 0) is 63.6 Å². The van der Waals surface area contributed by atoms with E-state index in [9.17, 15) is 0 Å². The normalized spacial score (nSPS) is 9.34. The van der Waals surface area contributed by atoms with E-state index in [4.69, 9.17) is 0 Å². The van der Waals surface area contributed by atoms with Crippen LogP contribution in [-0.4, -0.2) is 0 Å². The Morgan fingerprint density at radius 3 is 0.452 bits per heavy atom. The first-order chi connectivity index (χ1) is 32.0. The maximum atomic E-state index is 3.00. The van der Waals surface area contributed by atoms with Gasteiger partial charge < -0.3 is 0 Å². The van der Waals surface area contributed by atoms with E-state index in [2.05, 4.69) is 304 Å². The molecule has 0 spiro atoms. The second kappa shape index (κ2) is 108. The highest BCUT2D eigenvalue weighted by Crippen LogP contribution is 2.17. The van der Waals surface area contributed by atoms with E-state index in [1.54, 1.807) is 0 Å². The molecule has 0 heterocycles. The summed E-state index contributed by atoms with van der Waals surface area (Å²) in [6.07, 6.45) is 21.1. The maximum absolute atomic E-state index is 3.00. The van der Waals surface area contributed by atoms with E-state index in [0.29, 0.717) is 16.2 Å². The first-order valence-electron chi connectivity index (χ1n) is 31.5. The van der Waals surface area contributed by atoms with E-state index in [1.807, 2.05) is 0 Å². The molecule has 0 aromatic rings.